The van der Waals surface area contributed by atoms with Crippen LogP contribution < -0.4 is 5.32 Å². The van der Waals surface area contributed by atoms with Crippen molar-refractivity contribution in [3.8, 4) is 17.5 Å². The molecular formula is C15H14FN3O2. The zero-order valence-electron chi connectivity index (χ0n) is 11.3. The van der Waals surface area contributed by atoms with Crippen LogP contribution in [0.15, 0.2) is 28.7 Å². The van der Waals surface area contributed by atoms with E-state index >= 15 is 0 Å². The number of nitrogens with one attached hydrogen (secondary N) is 1. The van der Waals surface area contributed by atoms with Crippen LogP contribution >= 0.6 is 0 Å². The zero-order valence-corrected chi connectivity index (χ0v) is 11.3. The van der Waals surface area contributed by atoms with Crippen LogP contribution in [0.2, 0.25) is 0 Å². The molecule has 0 saturated carbocycles. The van der Waals surface area contributed by atoms with E-state index in [9.17, 15) is 4.39 Å². The Balaban J connectivity index is 1.77. The lowest BCUT2D eigenvalue weighted by molar-refractivity contribution is 0.120. The summed E-state index contributed by atoms with van der Waals surface area (Å²) < 4.78 is 24.0. The molecule has 1 aromatic carbocycles. The molecule has 3 rings (SSSR count). The van der Waals surface area contributed by atoms with Crippen molar-refractivity contribution in [2.45, 2.75) is 18.9 Å². The second-order valence-corrected chi connectivity index (χ2v) is 4.83. The van der Waals surface area contributed by atoms with Gasteiger partial charge in [-0.2, -0.15) is 10.2 Å². The van der Waals surface area contributed by atoms with Gasteiger partial charge in [-0.1, -0.05) is 0 Å². The lowest BCUT2D eigenvalue weighted by atomic mass is 10.2. The topological polar surface area (TPSA) is 71.1 Å². The second kappa shape index (κ2) is 5.94. The van der Waals surface area contributed by atoms with E-state index in [4.69, 9.17) is 14.4 Å². The third-order valence-electron chi connectivity index (χ3n) is 3.34. The fourth-order valence-electron chi connectivity index (χ4n) is 2.24. The number of anilines is 1. The molecule has 1 fully saturated rings. The molecule has 21 heavy (non-hydrogen) atoms. The summed E-state index contributed by atoms with van der Waals surface area (Å²) in [6.45, 7) is 1.35. The first kappa shape index (κ1) is 13.6. The average Bonchev–Trinajstić information content (AvgIpc) is 3.15. The molecule has 0 unspecified atom stereocenters. The summed E-state index contributed by atoms with van der Waals surface area (Å²) in [7, 11) is 0. The molecule has 1 saturated heterocycles. The highest BCUT2D eigenvalue weighted by atomic mass is 19.1. The van der Waals surface area contributed by atoms with Crippen molar-refractivity contribution in [3.63, 3.8) is 0 Å². The lowest BCUT2D eigenvalue weighted by Crippen LogP contribution is -2.18. The Labute approximate surface area is 121 Å². The minimum absolute atomic E-state index is 0.135. The first-order valence-electron chi connectivity index (χ1n) is 6.78. The number of hydrogen-bond acceptors (Lipinski definition) is 5. The average molecular weight is 287 g/mol. The van der Waals surface area contributed by atoms with Crippen molar-refractivity contribution < 1.29 is 13.5 Å². The van der Waals surface area contributed by atoms with Crippen molar-refractivity contribution in [1.29, 1.82) is 5.26 Å². The van der Waals surface area contributed by atoms with Gasteiger partial charge < -0.3 is 14.5 Å². The van der Waals surface area contributed by atoms with E-state index in [1.165, 1.54) is 12.1 Å². The molecule has 0 spiro atoms. The molecule has 1 aliphatic heterocycles. The molecule has 0 aliphatic carbocycles. The predicted octanol–water partition coefficient (Wildman–Crippen LogP) is 2.94. The predicted molar refractivity (Wildman–Crippen MR) is 74.1 cm³/mol. The van der Waals surface area contributed by atoms with Crippen molar-refractivity contribution in [1.82, 2.24) is 4.98 Å². The SMILES string of the molecule is N#Cc1nc(-c2ccc(F)cc2)oc1NC[C@H]1CCCO1. The maximum atomic E-state index is 12.9. The van der Waals surface area contributed by atoms with E-state index in [1.54, 1.807) is 12.1 Å². The Morgan fingerprint density at radius 2 is 2.19 bits per heavy atom. The monoisotopic (exact) mass is 287 g/mol. The molecule has 0 radical (unpaired) electrons. The van der Waals surface area contributed by atoms with Crippen molar-refractivity contribution in [2.75, 3.05) is 18.5 Å². The van der Waals surface area contributed by atoms with E-state index < -0.39 is 0 Å². The fraction of sp³-hybridized carbons (Fsp3) is 0.333. The molecule has 6 heteroatoms. The third-order valence-corrected chi connectivity index (χ3v) is 3.34. The van der Waals surface area contributed by atoms with Crippen LogP contribution in [0.1, 0.15) is 18.5 Å². The molecule has 1 atom stereocenters. The van der Waals surface area contributed by atoms with Crippen molar-refractivity contribution in [3.05, 3.63) is 35.8 Å². The van der Waals surface area contributed by atoms with E-state index in [2.05, 4.69) is 10.3 Å². The summed E-state index contributed by atoms with van der Waals surface area (Å²) in [6, 6.07) is 7.76. The largest absolute Gasteiger partial charge is 0.419 e. The summed E-state index contributed by atoms with van der Waals surface area (Å²) >= 11 is 0. The number of benzene rings is 1. The number of ether oxygens (including phenoxy) is 1. The molecule has 108 valence electrons. The van der Waals surface area contributed by atoms with Gasteiger partial charge in [-0.3, -0.25) is 0 Å². The van der Waals surface area contributed by atoms with Gasteiger partial charge in [-0.05, 0) is 37.1 Å². The smallest absolute Gasteiger partial charge is 0.232 e. The van der Waals surface area contributed by atoms with Crippen molar-refractivity contribution in [2.24, 2.45) is 0 Å². The standard InChI is InChI=1S/C15H14FN3O2/c16-11-5-3-10(4-6-11)14-19-13(8-17)15(21-14)18-9-12-2-1-7-20-12/h3-6,12,18H,1-2,7,9H2/t12-/m1/s1. The number of aromatic nitrogens is 1. The summed E-state index contributed by atoms with van der Waals surface area (Å²) in [5.74, 6) is 0.288. The van der Waals surface area contributed by atoms with E-state index in [-0.39, 0.29) is 17.6 Å². The normalized spacial score (nSPS) is 17.6. The molecule has 5 nitrogen and oxygen atoms in total. The van der Waals surface area contributed by atoms with Crippen LogP contribution in [0.4, 0.5) is 10.3 Å². The van der Waals surface area contributed by atoms with Crippen LogP contribution in [0.3, 0.4) is 0 Å². The van der Waals surface area contributed by atoms with E-state index in [1.807, 2.05) is 6.07 Å². The number of halogens is 1. The van der Waals surface area contributed by atoms with Gasteiger partial charge in [-0.25, -0.2) is 4.39 Å². The quantitative estimate of drug-likeness (QED) is 0.936. The van der Waals surface area contributed by atoms with E-state index in [0.717, 1.165) is 19.4 Å². The highest BCUT2D eigenvalue weighted by molar-refractivity contribution is 5.58. The first-order valence-corrected chi connectivity index (χ1v) is 6.78. The maximum Gasteiger partial charge on any atom is 0.232 e. The summed E-state index contributed by atoms with van der Waals surface area (Å²) in [4.78, 5) is 4.12. The Morgan fingerprint density at radius 3 is 2.86 bits per heavy atom. The Bertz CT molecular complexity index is 655. The van der Waals surface area contributed by atoms with Gasteiger partial charge in [0.05, 0.1) is 6.10 Å². The van der Waals surface area contributed by atoms with Gasteiger partial charge in [0, 0.05) is 18.7 Å². The number of nitriles is 1. The minimum atomic E-state index is -0.331. The van der Waals surface area contributed by atoms with Gasteiger partial charge in [0.2, 0.25) is 17.5 Å². The number of rotatable bonds is 4. The van der Waals surface area contributed by atoms with Crippen LogP contribution in [0.25, 0.3) is 11.5 Å². The molecule has 0 bridgehead atoms. The molecule has 2 heterocycles. The molecule has 1 aliphatic rings. The maximum absolute atomic E-state index is 12.9. The molecule has 0 amide bonds. The zero-order chi connectivity index (χ0) is 14.7. The van der Waals surface area contributed by atoms with Gasteiger partial charge in [-0.15, -0.1) is 0 Å². The van der Waals surface area contributed by atoms with Crippen LogP contribution in [0, 0.1) is 17.1 Å². The molecular weight excluding hydrogens is 273 g/mol. The number of oxazole rings is 1. The minimum Gasteiger partial charge on any atom is -0.419 e. The Hall–Kier alpha value is -2.39. The second-order valence-electron chi connectivity index (χ2n) is 4.83. The van der Waals surface area contributed by atoms with Crippen LogP contribution in [0.5, 0.6) is 0 Å². The van der Waals surface area contributed by atoms with Gasteiger partial charge in [0.25, 0.3) is 0 Å². The van der Waals surface area contributed by atoms with Gasteiger partial charge in [0.1, 0.15) is 11.9 Å². The van der Waals surface area contributed by atoms with E-state index in [0.29, 0.717) is 23.9 Å². The Morgan fingerprint density at radius 1 is 1.38 bits per heavy atom. The van der Waals surface area contributed by atoms with Gasteiger partial charge >= 0.3 is 0 Å². The highest BCUT2D eigenvalue weighted by Gasteiger charge is 2.19. The van der Waals surface area contributed by atoms with Gasteiger partial charge in [0.15, 0.2) is 0 Å². The molecule has 1 aromatic heterocycles. The fourth-order valence-corrected chi connectivity index (χ4v) is 2.24. The third kappa shape index (κ3) is 3.03. The number of hydrogen-bond donors (Lipinski definition) is 1. The first-order chi connectivity index (χ1) is 10.3. The molecule has 1 N–H and O–H groups in total. The van der Waals surface area contributed by atoms with Crippen LogP contribution in [-0.4, -0.2) is 24.2 Å². The highest BCUT2D eigenvalue weighted by Crippen LogP contribution is 2.26. The lowest BCUT2D eigenvalue weighted by Gasteiger charge is -2.09. The summed E-state index contributed by atoms with van der Waals surface area (Å²) in [5.41, 5.74) is 0.811. The summed E-state index contributed by atoms with van der Waals surface area (Å²) in [6.07, 6.45) is 2.18. The Kier molecular flexibility index (Phi) is 3.84. The number of nitrogens with zero attached hydrogens (tertiary/aromatic N) is 2. The van der Waals surface area contributed by atoms with Crippen LogP contribution in [-0.2, 0) is 4.74 Å². The van der Waals surface area contributed by atoms with Crippen molar-refractivity contribution >= 4 is 5.88 Å². The molecule has 2 aromatic rings. The summed E-state index contributed by atoms with van der Waals surface area (Å²) in [5, 5.41) is 12.2.